The zero-order chi connectivity index (χ0) is 12.7. The predicted molar refractivity (Wildman–Crippen MR) is 66.8 cm³/mol. The monoisotopic (exact) mass is 230 g/mol. The van der Waals surface area contributed by atoms with Crippen molar-refractivity contribution in [2.45, 2.75) is 6.92 Å². The molecule has 17 heavy (non-hydrogen) atoms. The number of amides is 1. The van der Waals surface area contributed by atoms with Crippen molar-refractivity contribution in [1.29, 1.82) is 0 Å². The Morgan fingerprint density at radius 2 is 2.18 bits per heavy atom. The van der Waals surface area contributed by atoms with E-state index in [4.69, 9.17) is 6.42 Å². The quantitative estimate of drug-likeness (QED) is 0.451. The van der Waals surface area contributed by atoms with Crippen LogP contribution in [0.25, 0.3) is 0 Å². The summed E-state index contributed by atoms with van der Waals surface area (Å²) in [6, 6.07) is 6.79. The molecule has 1 rings (SSSR count). The van der Waals surface area contributed by atoms with Crippen molar-refractivity contribution in [3.05, 3.63) is 29.8 Å². The van der Waals surface area contributed by atoms with Gasteiger partial charge in [-0.15, -0.1) is 6.42 Å². The lowest BCUT2D eigenvalue weighted by atomic mass is 10.1. The Morgan fingerprint density at radius 3 is 2.82 bits per heavy atom. The minimum atomic E-state index is -0.194. The van der Waals surface area contributed by atoms with E-state index >= 15 is 0 Å². The fourth-order valence-corrected chi connectivity index (χ4v) is 1.27. The molecule has 4 nitrogen and oxygen atoms in total. The second-order valence-electron chi connectivity index (χ2n) is 3.49. The van der Waals surface area contributed by atoms with Crippen molar-refractivity contribution < 1.29 is 9.59 Å². The van der Waals surface area contributed by atoms with Gasteiger partial charge in [0.25, 0.3) is 0 Å². The molecule has 0 heterocycles. The first-order chi connectivity index (χ1) is 8.13. The molecule has 0 aliphatic heterocycles. The maximum absolute atomic E-state index is 11.4. The number of rotatable bonds is 5. The summed E-state index contributed by atoms with van der Waals surface area (Å²) in [6.45, 7) is 1.98. The van der Waals surface area contributed by atoms with Crippen LogP contribution in [0.5, 0.6) is 0 Å². The lowest BCUT2D eigenvalue weighted by molar-refractivity contribution is -0.115. The highest BCUT2D eigenvalue weighted by molar-refractivity contribution is 5.97. The fraction of sp³-hybridized carbons (Fsp3) is 0.231. The first kappa shape index (κ1) is 12.9. The summed E-state index contributed by atoms with van der Waals surface area (Å²) in [7, 11) is 0. The molecule has 0 bridgehead atoms. The molecule has 0 aliphatic rings. The minimum Gasteiger partial charge on any atom is -0.325 e. The molecule has 1 aromatic carbocycles. The molecule has 0 saturated carbocycles. The number of nitrogens with one attached hydrogen (secondary N) is 2. The number of hydrogen-bond donors (Lipinski definition) is 2. The molecule has 88 valence electrons. The van der Waals surface area contributed by atoms with Crippen molar-refractivity contribution in [1.82, 2.24) is 5.32 Å². The van der Waals surface area contributed by atoms with E-state index in [9.17, 15) is 9.59 Å². The van der Waals surface area contributed by atoms with E-state index in [0.29, 0.717) is 17.8 Å². The first-order valence-electron chi connectivity index (χ1n) is 5.18. The summed E-state index contributed by atoms with van der Waals surface area (Å²) in [4.78, 5) is 22.6. The second kappa shape index (κ2) is 6.46. The van der Waals surface area contributed by atoms with Crippen LogP contribution in [0.15, 0.2) is 24.3 Å². The van der Waals surface area contributed by atoms with Crippen LogP contribution in [-0.2, 0) is 4.79 Å². The summed E-state index contributed by atoms with van der Waals surface area (Å²) < 4.78 is 0. The van der Waals surface area contributed by atoms with Crippen LogP contribution in [0.3, 0.4) is 0 Å². The maximum Gasteiger partial charge on any atom is 0.238 e. The Bertz CT molecular complexity index is 461. The molecule has 4 heteroatoms. The third kappa shape index (κ3) is 4.49. The summed E-state index contributed by atoms with van der Waals surface area (Å²) in [5, 5.41) is 5.45. The predicted octanol–water partition coefficient (Wildman–Crippen LogP) is 1.05. The molecule has 0 atom stereocenters. The highest BCUT2D eigenvalue weighted by Gasteiger charge is 2.03. The number of ketones is 1. The average molecular weight is 230 g/mol. The van der Waals surface area contributed by atoms with Crippen molar-refractivity contribution in [2.24, 2.45) is 0 Å². The number of benzene rings is 1. The highest BCUT2D eigenvalue weighted by atomic mass is 16.2. The van der Waals surface area contributed by atoms with Gasteiger partial charge < -0.3 is 5.32 Å². The smallest absolute Gasteiger partial charge is 0.238 e. The Balaban J connectivity index is 2.57. The van der Waals surface area contributed by atoms with Gasteiger partial charge in [0.1, 0.15) is 0 Å². The number of carbonyl (C=O) groups excluding carboxylic acids is 2. The van der Waals surface area contributed by atoms with Crippen molar-refractivity contribution in [3.8, 4) is 12.3 Å². The van der Waals surface area contributed by atoms with Crippen LogP contribution in [-0.4, -0.2) is 24.8 Å². The Kier molecular flexibility index (Phi) is 4.92. The van der Waals surface area contributed by atoms with Crippen LogP contribution in [0.2, 0.25) is 0 Å². The van der Waals surface area contributed by atoms with Crippen molar-refractivity contribution in [3.63, 3.8) is 0 Å². The van der Waals surface area contributed by atoms with Gasteiger partial charge in [-0.1, -0.05) is 18.1 Å². The molecule has 0 aromatic heterocycles. The van der Waals surface area contributed by atoms with Crippen LogP contribution in [0, 0.1) is 12.3 Å². The Labute approximate surface area is 100 Å². The first-order valence-corrected chi connectivity index (χ1v) is 5.18. The number of terminal acetylenes is 1. The molecule has 1 amide bonds. The number of carbonyl (C=O) groups is 2. The van der Waals surface area contributed by atoms with Gasteiger partial charge in [0.2, 0.25) is 5.91 Å². The zero-order valence-corrected chi connectivity index (χ0v) is 9.62. The molecule has 0 fully saturated rings. The van der Waals surface area contributed by atoms with Gasteiger partial charge in [-0.25, -0.2) is 0 Å². The van der Waals surface area contributed by atoms with Gasteiger partial charge in [-0.3, -0.25) is 14.9 Å². The molecule has 0 radical (unpaired) electrons. The van der Waals surface area contributed by atoms with E-state index in [1.165, 1.54) is 6.92 Å². The Morgan fingerprint density at radius 1 is 1.41 bits per heavy atom. The van der Waals surface area contributed by atoms with E-state index in [1.807, 2.05) is 0 Å². The molecule has 0 spiro atoms. The van der Waals surface area contributed by atoms with Gasteiger partial charge in [-0.2, -0.15) is 0 Å². The van der Waals surface area contributed by atoms with Crippen LogP contribution < -0.4 is 10.6 Å². The average Bonchev–Trinajstić information content (AvgIpc) is 2.29. The van der Waals surface area contributed by atoms with Gasteiger partial charge >= 0.3 is 0 Å². The third-order valence-corrected chi connectivity index (χ3v) is 2.07. The van der Waals surface area contributed by atoms with E-state index in [0.717, 1.165) is 0 Å². The fourth-order valence-electron chi connectivity index (χ4n) is 1.27. The molecule has 1 aromatic rings. The normalized spacial score (nSPS) is 9.41. The molecule has 0 aliphatic carbocycles. The number of Topliss-reactive ketones (excluding diaryl/α,β-unsaturated/α-hetero) is 1. The van der Waals surface area contributed by atoms with Crippen molar-refractivity contribution in [2.75, 3.05) is 18.4 Å². The molecular weight excluding hydrogens is 216 g/mol. The lowest BCUT2D eigenvalue weighted by Gasteiger charge is -2.06. The van der Waals surface area contributed by atoms with Crippen LogP contribution in [0.4, 0.5) is 5.69 Å². The van der Waals surface area contributed by atoms with Gasteiger partial charge in [0.15, 0.2) is 5.78 Å². The van der Waals surface area contributed by atoms with Crippen molar-refractivity contribution >= 4 is 17.4 Å². The van der Waals surface area contributed by atoms with E-state index in [-0.39, 0.29) is 18.2 Å². The van der Waals surface area contributed by atoms with Crippen LogP contribution >= 0.6 is 0 Å². The summed E-state index contributed by atoms with van der Waals surface area (Å²) in [5.41, 5.74) is 1.17. The molecule has 0 unspecified atom stereocenters. The van der Waals surface area contributed by atoms with Gasteiger partial charge in [0.05, 0.1) is 13.1 Å². The molecule has 0 saturated heterocycles. The highest BCUT2D eigenvalue weighted by Crippen LogP contribution is 2.10. The van der Waals surface area contributed by atoms with E-state index in [2.05, 4.69) is 16.6 Å². The standard InChI is InChI=1S/C13H14N2O2/c1-3-7-14-9-13(17)15-12-6-4-5-11(8-12)10(2)16/h1,4-6,8,14H,7,9H2,2H3,(H,15,17). The number of hydrogen-bond acceptors (Lipinski definition) is 3. The summed E-state index contributed by atoms with van der Waals surface area (Å²) >= 11 is 0. The molecular formula is C13H14N2O2. The topological polar surface area (TPSA) is 58.2 Å². The number of anilines is 1. The SMILES string of the molecule is C#CCNCC(=O)Nc1cccc(C(C)=O)c1. The lowest BCUT2D eigenvalue weighted by Crippen LogP contribution is -2.28. The molecule has 2 N–H and O–H groups in total. The Hall–Kier alpha value is -2.12. The van der Waals surface area contributed by atoms with Gasteiger partial charge in [0, 0.05) is 11.3 Å². The van der Waals surface area contributed by atoms with Gasteiger partial charge in [-0.05, 0) is 19.1 Å². The third-order valence-electron chi connectivity index (χ3n) is 2.07. The summed E-state index contributed by atoms with van der Waals surface area (Å²) in [6.07, 6.45) is 5.04. The summed E-state index contributed by atoms with van der Waals surface area (Å²) in [5.74, 6) is 2.15. The van der Waals surface area contributed by atoms with E-state index < -0.39 is 0 Å². The largest absolute Gasteiger partial charge is 0.325 e. The van der Waals surface area contributed by atoms with E-state index in [1.54, 1.807) is 24.3 Å². The zero-order valence-electron chi connectivity index (χ0n) is 9.62. The second-order valence-corrected chi connectivity index (χ2v) is 3.49. The van der Waals surface area contributed by atoms with Crippen LogP contribution in [0.1, 0.15) is 17.3 Å². The minimum absolute atomic E-state index is 0.0356. The maximum atomic E-state index is 11.4.